The summed E-state index contributed by atoms with van der Waals surface area (Å²) in [4.78, 5) is 15.4. The average Bonchev–Trinajstić information content (AvgIpc) is 2.30. The van der Waals surface area contributed by atoms with E-state index in [2.05, 4.69) is 4.98 Å². The molecule has 0 aliphatic heterocycles. The molecule has 80 valence electrons. The number of hydrogen-bond donors (Lipinski definition) is 0. The number of carbonyl (C=O) groups excluding carboxylic acids is 1. The van der Waals surface area contributed by atoms with Gasteiger partial charge in [-0.2, -0.15) is 0 Å². The number of pyridine rings is 1. The van der Waals surface area contributed by atoms with E-state index in [0.29, 0.717) is 0 Å². The van der Waals surface area contributed by atoms with Gasteiger partial charge in [0.15, 0.2) is 5.78 Å². The molecular formula is C14H13NO. The number of hydrogen-bond acceptors (Lipinski definition) is 2. The first-order valence-electron chi connectivity index (χ1n) is 5.20. The van der Waals surface area contributed by atoms with Gasteiger partial charge in [0.05, 0.1) is 0 Å². The molecule has 1 heterocycles. The summed E-state index contributed by atoms with van der Waals surface area (Å²) >= 11 is 0. The lowest BCUT2D eigenvalue weighted by Gasteiger charge is -2.07. The SMILES string of the molecule is CC(=O)c1ccc(C)c(-c2cccnc2)c1. The van der Waals surface area contributed by atoms with Crippen molar-refractivity contribution in [1.29, 1.82) is 0 Å². The van der Waals surface area contributed by atoms with Crippen LogP contribution in [0.25, 0.3) is 11.1 Å². The van der Waals surface area contributed by atoms with Gasteiger partial charge in [-0.15, -0.1) is 0 Å². The topological polar surface area (TPSA) is 30.0 Å². The number of aromatic nitrogens is 1. The Morgan fingerprint density at radius 2 is 2.06 bits per heavy atom. The number of nitrogens with zero attached hydrogens (tertiary/aromatic N) is 1. The minimum atomic E-state index is 0.0881. The van der Waals surface area contributed by atoms with Crippen LogP contribution in [0.1, 0.15) is 22.8 Å². The highest BCUT2D eigenvalue weighted by Gasteiger charge is 2.05. The molecule has 0 bridgehead atoms. The van der Waals surface area contributed by atoms with Crippen molar-refractivity contribution in [3.63, 3.8) is 0 Å². The Bertz CT molecular complexity index is 518. The standard InChI is InChI=1S/C14H13NO/c1-10-5-6-12(11(2)16)8-14(10)13-4-3-7-15-9-13/h3-9H,1-2H3. The van der Waals surface area contributed by atoms with Crippen LogP contribution in [0.3, 0.4) is 0 Å². The zero-order valence-corrected chi connectivity index (χ0v) is 9.40. The molecule has 2 heteroatoms. The quantitative estimate of drug-likeness (QED) is 0.714. The van der Waals surface area contributed by atoms with Crippen molar-refractivity contribution in [2.45, 2.75) is 13.8 Å². The number of ketones is 1. The highest BCUT2D eigenvalue weighted by molar-refractivity contribution is 5.95. The summed E-state index contributed by atoms with van der Waals surface area (Å²) in [6.07, 6.45) is 3.56. The Balaban J connectivity index is 2.56. The maximum Gasteiger partial charge on any atom is 0.159 e. The zero-order valence-electron chi connectivity index (χ0n) is 9.40. The van der Waals surface area contributed by atoms with Crippen LogP contribution in [0.4, 0.5) is 0 Å². The minimum absolute atomic E-state index is 0.0881. The fraction of sp³-hybridized carbons (Fsp3) is 0.143. The van der Waals surface area contributed by atoms with Crippen molar-refractivity contribution in [2.24, 2.45) is 0 Å². The van der Waals surface area contributed by atoms with Crippen molar-refractivity contribution in [3.05, 3.63) is 53.9 Å². The van der Waals surface area contributed by atoms with Crippen LogP contribution in [0.2, 0.25) is 0 Å². The molecule has 0 amide bonds. The van der Waals surface area contributed by atoms with E-state index >= 15 is 0 Å². The Labute approximate surface area is 95.0 Å². The van der Waals surface area contributed by atoms with Gasteiger partial charge in [-0.25, -0.2) is 0 Å². The van der Waals surface area contributed by atoms with Gasteiger partial charge in [0.1, 0.15) is 0 Å². The van der Waals surface area contributed by atoms with Crippen molar-refractivity contribution in [3.8, 4) is 11.1 Å². The molecule has 1 aromatic carbocycles. The van der Waals surface area contributed by atoms with E-state index in [-0.39, 0.29) is 5.78 Å². The zero-order chi connectivity index (χ0) is 11.5. The fourth-order valence-electron chi connectivity index (χ4n) is 1.67. The highest BCUT2D eigenvalue weighted by atomic mass is 16.1. The second-order valence-corrected chi connectivity index (χ2v) is 3.83. The molecule has 2 aromatic rings. The van der Waals surface area contributed by atoms with Crippen LogP contribution in [-0.2, 0) is 0 Å². The summed E-state index contributed by atoms with van der Waals surface area (Å²) in [6.45, 7) is 3.62. The number of carbonyl (C=O) groups is 1. The van der Waals surface area contributed by atoms with Gasteiger partial charge < -0.3 is 0 Å². The Morgan fingerprint density at radius 3 is 2.69 bits per heavy atom. The normalized spacial score (nSPS) is 10.1. The largest absolute Gasteiger partial charge is 0.295 e. The molecule has 0 saturated carbocycles. The molecule has 2 nitrogen and oxygen atoms in total. The summed E-state index contributed by atoms with van der Waals surface area (Å²) in [7, 11) is 0. The molecule has 16 heavy (non-hydrogen) atoms. The van der Waals surface area contributed by atoms with Gasteiger partial charge in [-0.05, 0) is 37.1 Å². The summed E-state index contributed by atoms with van der Waals surface area (Å²) in [6, 6.07) is 9.65. The Morgan fingerprint density at radius 1 is 1.25 bits per heavy atom. The van der Waals surface area contributed by atoms with Crippen LogP contribution in [0.15, 0.2) is 42.7 Å². The van der Waals surface area contributed by atoms with Crippen LogP contribution in [-0.4, -0.2) is 10.8 Å². The van der Waals surface area contributed by atoms with Crippen LogP contribution < -0.4 is 0 Å². The van der Waals surface area contributed by atoms with Gasteiger partial charge in [0.2, 0.25) is 0 Å². The monoisotopic (exact) mass is 211 g/mol. The van der Waals surface area contributed by atoms with Gasteiger partial charge in [0, 0.05) is 23.5 Å². The maximum absolute atomic E-state index is 11.3. The molecule has 0 radical (unpaired) electrons. The third-order valence-corrected chi connectivity index (χ3v) is 2.62. The van der Waals surface area contributed by atoms with E-state index in [0.717, 1.165) is 22.3 Å². The van der Waals surface area contributed by atoms with Crippen molar-refractivity contribution < 1.29 is 4.79 Å². The van der Waals surface area contributed by atoms with Crippen molar-refractivity contribution in [2.75, 3.05) is 0 Å². The second kappa shape index (κ2) is 4.27. The third kappa shape index (κ3) is 2.01. The Kier molecular flexibility index (Phi) is 2.82. The van der Waals surface area contributed by atoms with Crippen molar-refractivity contribution in [1.82, 2.24) is 4.98 Å². The lowest BCUT2D eigenvalue weighted by molar-refractivity contribution is 0.101. The fourth-order valence-corrected chi connectivity index (χ4v) is 1.67. The number of rotatable bonds is 2. The lowest BCUT2D eigenvalue weighted by Crippen LogP contribution is -1.94. The van der Waals surface area contributed by atoms with Gasteiger partial charge in [0.25, 0.3) is 0 Å². The molecule has 0 unspecified atom stereocenters. The van der Waals surface area contributed by atoms with Crippen LogP contribution in [0, 0.1) is 6.92 Å². The van der Waals surface area contributed by atoms with E-state index in [4.69, 9.17) is 0 Å². The predicted octanol–water partition coefficient (Wildman–Crippen LogP) is 3.26. The lowest BCUT2D eigenvalue weighted by atomic mass is 9.98. The van der Waals surface area contributed by atoms with E-state index in [9.17, 15) is 4.79 Å². The molecule has 0 atom stereocenters. The molecule has 0 fully saturated rings. The van der Waals surface area contributed by atoms with Crippen LogP contribution in [0.5, 0.6) is 0 Å². The summed E-state index contributed by atoms with van der Waals surface area (Å²) in [5, 5.41) is 0. The molecule has 2 rings (SSSR count). The van der Waals surface area contributed by atoms with E-state index in [1.807, 2.05) is 43.5 Å². The first kappa shape index (κ1) is 10.6. The van der Waals surface area contributed by atoms with E-state index < -0.39 is 0 Å². The Hall–Kier alpha value is -1.96. The van der Waals surface area contributed by atoms with Crippen LogP contribution >= 0.6 is 0 Å². The second-order valence-electron chi connectivity index (χ2n) is 3.83. The number of benzene rings is 1. The van der Waals surface area contributed by atoms with Gasteiger partial charge in [-0.1, -0.05) is 18.2 Å². The van der Waals surface area contributed by atoms with Gasteiger partial charge in [-0.3, -0.25) is 9.78 Å². The van der Waals surface area contributed by atoms with E-state index in [1.54, 1.807) is 13.1 Å². The van der Waals surface area contributed by atoms with Gasteiger partial charge >= 0.3 is 0 Å². The molecule has 0 aliphatic rings. The number of aryl methyl sites for hydroxylation is 1. The molecule has 0 N–H and O–H groups in total. The molecule has 0 spiro atoms. The molecule has 1 aromatic heterocycles. The first-order chi connectivity index (χ1) is 7.68. The van der Waals surface area contributed by atoms with E-state index in [1.165, 1.54) is 0 Å². The maximum atomic E-state index is 11.3. The predicted molar refractivity (Wildman–Crippen MR) is 64.4 cm³/mol. The minimum Gasteiger partial charge on any atom is -0.295 e. The molecule has 0 saturated heterocycles. The summed E-state index contributed by atoms with van der Waals surface area (Å²) in [5.74, 6) is 0.0881. The average molecular weight is 211 g/mol. The smallest absolute Gasteiger partial charge is 0.159 e. The highest BCUT2D eigenvalue weighted by Crippen LogP contribution is 2.23. The number of Topliss-reactive ketones (excluding diaryl/α,β-unsaturated/α-hetero) is 1. The first-order valence-corrected chi connectivity index (χ1v) is 5.20. The third-order valence-electron chi connectivity index (χ3n) is 2.62. The summed E-state index contributed by atoms with van der Waals surface area (Å²) in [5.41, 5.74) is 4.01. The molecular weight excluding hydrogens is 198 g/mol. The molecule has 0 aliphatic carbocycles. The van der Waals surface area contributed by atoms with Crippen molar-refractivity contribution >= 4 is 5.78 Å². The summed E-state index contributed by atoms with van der Waals surface area (Å²) < 4.78 is 0.